The minimum Gasteiger partial charge on any atom is -0.506 e. The van der Waals surface area contributed by atoms with Crippen LogP contribution in [0, 0.1) is 6.92 Å². The molecule has 9 N–H and O–H groups in total. The molecule has 1 aromatic rings. The fraction of sp³-hybridized carbons (Fsp3) is 0.500. The predicted octanol–water partition coefficient (Wildman–Crippen LogP) is -0.699. The second-order valence-electron chi connectivity index (χ2n) is 5.68. The van der Waals surface area contributed by atoms with Gasteiger partial charge in [0.25, 0.3) is 0 Å². The van der Waals surface area contributed by atoms with Gasteiger partial charge in [0, 0.05) is 30.4 Å². The lowest BCUT2D eigenvalue weighted by atomic mass is 10.1. The molecule has 0 fully saturated rings. The van der Waals surface area contributed by atoms with Crippen molar-refractivity contribution in [1.82, 2.24) is 10.3 Å². The molecule has 0 saturated carbocycles. The number of carboxylic acid groups (broad SMARTS) is 1. The van der Waals surface area contributed by atoms with Crippen LogP contribution in [0.15, 0.2) is 11.2 Å². The van der Waals surface area contributed by atoms with Gasteiger partial charge in [0.1, 0.15) is 11.8 Å². The number of hydrogen-bond acceptors (Lipinski definition) is 7. The third kappa shape index (κ3) is 8.33. The summed E-state index contributed by atoms with van der Waals surface area (Å²) in [5.74, 6) is -1.39. The molecular formula is C14H24N5O7P. The standard InChI is InChI=1S/C14H24N5O7P/c1-8-12(20)10(9(5-18-8)7-26-27(23,24)25)6-19-11(13(21)22)3-2-4-17-14(15)16/h5,11,19-20H,2-4,6-7H2,1H3,(H,21,22)(H4,15,16,17)(H2,23,24,25)/t11-/m1/s1. The lowest BCUT2D eigenvalue weighted by Crippen LogP contribution is -2.36. The molecule has 152 valence electrons. The number of nitrogens with one attached hydrogen (secondary N) is 1. The predicted molar refractivity (Wildman–Crippen MR) is 95.6 cm³/mol. The summed E-state index contributed by atoms with van der Waals surface area (Å²) < 4.78 is 15.3. The van der Waals surface area contributed by atoms with E-state index in [4.69, 9.17) is 21.3 Å². The molecule has 0 aromatic carbocycles. The van der Waals surface area contributed by atoms with Crippen molar-refractivity contribution in [2.45, 2.75) is 39.0 Å². The minimum absolute atomic E-state index is 0.0751. The zero-order valence-electron chi connectivity index (χ0n) is 14.7. The molecule has 0 bridgehead atoms. The van der Waals surface area contributed by atoms with Crippen molar-refractivity contribution in [1.29, 1.82) is 0 Å². The summed E-state index contributed by atoms with van der Waals surface area (Å²) in [6, 6.07) is -0.942. The van der Waals surface area contributed by atoms with Crippen LogP contribution in [-0.4, -0.2) is 49.5 Å². The van der Waals surface area contributed by atoms with E-state index in [2.05, 4.69) is 19.8 Å². The molecule has 1 aromatic heterocycles. The van der Waals surface area contributed by atoms with Gasteiger partial charge in [-0.3, -0.25) is 19.3 Å². The van der Waals surface area contributed by atoms with Gasteiger partial charge in [-0.1, -0.05) is 0 Å². The van der Waals surface area contributed by atoms with Gasteiger partial charge in [-0.05, 0) is 19.8 Å². The number of rotatable bonds is 11. The third-order valence-electron chi connectivity index (χ3n) is 3.59. The van der Waals surface area contributed by atoms with Crippen molar-refractivity contribution in [2.75, 3.05) is 6.54 Å². The molecule has 0 unspecified atom stereocenters. The second-order valence-corrected chi connectivity index (χ2v) is 6.92. The van der Waals surface area contributed by atoms with Gasteiger partial charge in [-0.2, -0.15) is 0 Å². The summed E-state index contributed by atoms with van der Waals surface area (Å²) in [5, 5.41) is 22.3. The van der Waals surface area contributed by atoms with Crippen molar-refractivity contribution in [3.05, 3.63) is 23.0 Å². The molecule has 0 aliphatic carbocycles. The molecule has 27 heavy (non-hydrogen) atoms. The SMILES string of the molecule is Cc1ncc(COP(=O)(O)O)c(CN[C@H](CCCN=C(N)N)C(=O)O)c1O. The summed E-state index contributed by atoms with van der Waals surface area (Å²) in [6.45, 7) is 1.24. The highest BCUT2D eigenvalue weighted by atomic mass is 31.2. The molecular weight excluding hydrogens is 381 g/mol. The van der Waals surface area contributed by atoms with Crippen LogP contribution in [0.1, 0.15) is 29.7 Å². The smallest absolute Gasteiger partial charge is 0.469 e. The van der Waals surface area contributed by atoms with Crippen LogP contribution in [-0.2, 0) is 27.0 Å². The van der Waals surface area contributed by atoms with E-state index in [1.807, 2.05) is 0 Å². The number of aryl methyl sites for hydroxylation is 1. The fourth-order valence-electron chi connectivity index (χ4n) is 2.20. The van der Waals surface area contributed by atoms with E-state index in [1.165, 1.54) is 13.1 Å². The number of nitrogens with zero attached hydrogens (tertiary/aromatic N) is 2. The van der Waals surface area contributed by atoms with Crippen LogP contribution in [0.3, 0.4) is 0 Å². The molecule has 1 rings (SSSR count). The Morgan fingerprint density at radius 3 is 2.67 bits per heavy atom. The highest BCUT2D eigenvalue weighted by molar-refractivity contribution is 7.46. The van der Waals surface area contributed by atoms with E-state index in [0.29, 0.717) is 6.42 Å². The molecule has 0 spiro atoms. The number of phosphoric ester groups is 1. The molecule has 12 nitrogen and oxygen atoms in total. The average molecular weight is 405 g/mol. The summed E-state index contributed by atoms with van der Waals surface area (Å²) >= 11 is 0. The molecule has 1 heterocycles. The van der Waals surface area contributed by atoms with Crippen LogP contribution in [0.2, 0.25) is 0 Å². The van der Waals surface area contributed by atoms with Crippen LogP contribution >= 0.6 is 7.82 Å². The van der Waals surface area contributed by atoms with Gasteiger partial charge in [0.15, 0.2) is 5.96 Å². The number of aliphatic carboxylic acids is 1. The van der Waals surface area contributed by atoms with Crippen LogP contribution in [0.4, 0.5) is 0 Å². The van der Waals surface area contributed by atoms with E-state index in [-0.39, 0.29) is 48.0 Å². The number of guanidine groups is 1. The number of aromatic hydroxyl groups is 1. The van der Waals surface area contributed by atoms with E-state index < -0.39 is 26.4 Å². The number of phosphoric acid groups is 1. The Morgan fingerprint density at radius 1 is 1.44 bits per heavy atom. The fourth-order valence-corrected chi connectivity index (χ4v) is 2.51. The highest BCUT2D eigenvalue weighted by Gasteiger charge is 2.21. The van der Waals surface area contributed by atoms with Crippen LogP contribution in [0.5, 0.6) is 5.75 Å². The Morgan fingerprint density at radius 2 is 2.11 bits per heavy atom. The summed E-state index contributed by atoms with van der Waals surface area (Å²) in [4.78, 5) is 36.7. The number of carbonyl (C=O) groups is 1. The van der Waals surface area contributed by atoms with E-state index >= 15 is 0 Å². The maximum Gasteiger partial charge on any atom is 0.469 e. The monoisotopic (exact) mass is 405 g/mol. The maximum absolute atomic E-state index is 11.4. The Balaban J connectivity index is 2.84. The van der Waals surface area contributed by atoms with Gasteiger partial charge in [0.2, 0.25) is 0 Å². The van der Waals surface area contributed by atoms with E-state index in [9.17, 15) is 19.6 Å². The summed E-state index contributed by atoms with van der Waals surface area (Å²) in [5.41, 5.74) is 11.2. The molecule has 1 atom stereocenters. The summed E-state index contributed by atoms with van der Waals surface area (Å²) in [6.07, 6.45) is 1.94. The lowest BCUT2D eigenvalue weighted by molar-refractivity contribution is -0.139. The third-order valence-corrected chi connectivity index (χ3v) is 4.05. The van der Waals surface area contributed by atoms with Crippen molar-refractivity contribution in [3.8, 4) is 5.75 Å². The average Bonchev–Trinajstić information content (AvgIpc) is 2.55. The number of aromatic nitrogens is 1. The number of pyridine rings is 1. The first kappa shape index (κ1) is 22.8. The van der Waals surface area contributed by atoms with Gasteiger partial charge < -0.3 is 36.8 Å². The van der Waals surface area contributed by atoms with Gasteiger partial charge in [0.05, 0.1) is 12.3 Å². The Hall–Kier alpha value is -2.24. The first-order valence-electron chi connectivity index (χ1n) is 7.89. The lowest BCUT2D eigenvalue weighted by Gasteiger charge is -2.17. The maximum atomic E-state index is 11.4. The van der Waals surface area contributed by atoms with Crippen molar-refractivity contribution < 1.29 is 33.9 Å². The second kappa shape index (κ2) is 10.2. The molecule has 0 amide bonds. The van der Waals surface area contributed by atoms with Crippen LogP contribution < -0.4 is 16.8 Å². The van der Waals surface area contributed by atoms with Crippen molar-refractivity contribution >= 4 is 19.8 Å². The minimum atomic E-state index is -4.72. The van der Waals surface area contributed by atoms with Gasteiger partial charge in [-0.15, -0.1) is 0 Å². The number of nitrogens with two attached hydrogens (primary N) is 2. The van der Waals surface area contributed by atoms with E-state index in [1.54, 1.807) is 0 Å². The largest absolute Gasteiger partial charge is 0.506 e. The van der Waals surface area contributed by atoms with Gasteiger partial charge in [-0.25, -0.2) is 4.57 Å². The molecule has 0 radical (unpaired) electrons. The Kier molecular flexibility index (Phi) is 8.60. The molecule has 0 aliphatic heterocycles. The zero-order valence-corrected chi connectivity index (χ0v) is 15.6. The Labute approximate surface area is 155 Å². The summed E-state index contributed by atoms with van der Waals surface area (Å²) in [7, 11) is -4.72. The normalized spacial score (nSPS) is 12.6. The topological polar surface area (TPSA) is 214 Å². The van der Waals surface area contributed by atoms with E-state index in [0.717, 1.165) is 0 Å². The first-order valence-corrected chi connectivity index (χ1v) is 9.42. The number of aliphatic imine (C=N–C) groups is 1. The Bertz CT molecular complexity index is 733. The number of carboxylic acids is 1. The molecule has 0 saturated heterocycles. The highest BCUT2D eigenvalue weighted by Crippen LogP contribution is 2.38. The number of hydrogen-bond donors (Lipinski definition) is 7. The van der Waals surface area contributed by atoms with Crippen molar-refractivity contribution in [2.24, 2.45) is 16.5 Å². The first-order chi connectivity index (χ1) is 12.5. The molecule has 0 aliphatic rings. The zero-order chi connectivity index (χ0) is 20.6. The quantitative estimate of drug-likeness (QED) is 0.106. The van der Waals surface area contributed by atoms with Gasteiger partial charge >= 0.3 is 13.8 Å². The molecule has 13 heteroatoms. The van der Waals surface area contributed by atoms with Crippen molar-refractivity contribution in [3.63, 3.8) is 0 Å². The van der Waals surface area contributed by atoms with Crippen LogP contribution in [0.25, 0.3) is 0 Å².